The number of ether oxygens (including phenoxy) is 1. The van der Waals surface area contributed by atoms with Gasteiger partial charge in [0.1, 0.15) is 0 Å². The number of hydroxylamine groups is 1. The molecule has 0 aromatic heterocycles. The van der Waals surface area contributed by atoms with Gasteiger partial charge in [0.15, 0.2) is 6.61 Å². The van der Waals surface area contributed by atoms with Crippen molar-refractivity contribution in [1.29, 1.82) is 0 Å². The zero-order valence-electron chi connectivity index (χ0n) is 16.7. The number of hydrogen-bond acceptors (Lipinski definition) is 6. The SMILES string of the molecule is CON(C)S(=O)(=O)c1ccc(C(=O)OCC(=O)N(C)[C@H](C)c2ccccc2)cc1. The molecule has 0 saturated heterocycles. The highest BCUT2D eigenvalue weighted by molar-refractivity contribution is 7.89. The van der Waals surface area contributed by atoms with Gasteiger partial charge in [0.25, 0.3) is 15.9 Å². The van der Waals surface area contributed by atoms with Crippen LogP contribution < -0.4 is 0 Å². The second-order valence-electron chi connectivity index (χ2n) is 6.29. The van der Waals surface area contributed by atoms with Crippen LogP contribution in [0, 0.1) is 0 Å². The average Bonchev–Trinajstić information content (AvgIpc) is 2.76. The quantitative estimate of drug-likeness (QED) is 0.480. The number of hydrogen-bond donors (Lipinski definition) is 0. The molecule has 0 N–H and O–H groups in total. The zero-order valence-corrected chi connectivity index (χ0v) is 17.5. The van der Waals surface area contributed by atoms with E-state index in [9.17, 15) is 18.0 Å². The van der Waals surface area contributed by atoms with Crippen LogP contribution in [0.25, 0.3) is 0 Å². The molecular formula is C20H24N2O6S. The van der Waals surface area contributed by atoms with Gasteiger partial charge < -0.3 is 9.64 Å². The Balaban J connectivity index is 1.97. The van der Waals surface area contributed by atoms with Gasteiger partial charge in [-0.1, -0.05) is 34.8 Å². The minimum absolute atomic E-state index is 0.0362. The summed E-state index contributed by atoms with van der Waals surface area (Å²) in [6, 6.07) is 14.5. The van der Waals surface area contributed by atoms with Crippen LogP contribution in [0.4, 0.5) is 0 Å². The molecule has 156 valence electrons. The normalized spacial score (nSPS) is 12.4. The van der Waals surface area contributed by atoms with E-state index in [0.29, 0.717) is 4.47 Å². The van der Waals surface area contributed by atoms with Gasteiger partial charge in [-0.05, 0) is 36.8 Å². The van der Waals surface area contributed by atoms with Crippen LogP contribution in [0.5, 0.6) is 0 Å². The number of rotatable bonds is 8. The van der Waals surface area contributed by atoms with E-state index in [2.05, 4.69) is 0 Å². The van der Waals surface area contributed by atoms with Crippen molar-refractivity contribution >= 4 is 21.9 Å². The average molecular weight is 420 g/mol. The van der Waals surface area contributed by atoms with Crippen molar-refractivity contribution in [2.45, 2.75) is 17.9 Å². The minimum atomic E-state index is -3.81. The molecule has 0 aliphatic carbocycles. The number of amides is 1. The smallest absolute Gasteiger partial charge is 0.338 e. The van der Waals surface area contributed by atoms with Crippen molar-refractivity contribution in [3.8, 4) is 0 Å². The Morgan fingerprint density at radius 1 is 1.00 bits per heavy atom. The van der Waals surface area contributed by atoms with Gasteiger partial charge in [-0.2, -0.15) is 0 Å². The number of nitrogens with zero attached hydrogens (tertiary/aromatic N) is 2. The van der Waals surface area contributed by atoms with Crippen LogP contribution in [-0.2, 0) is 24.4 Å². The summed E-state index contributed by atoms with van der Waals surface area (Å²) >= 11 is 0. The number of likely N-dealkylation sites (N-methyl/N-ethyl adjacent to an activating group) is 1. The van der Waals surface area contributed by atoms with E-state index >= 15 is 0 Å². The van der Waals surface area contributed by atoms with Gasteiger partial charge >= 0.3 is 5.97 Å². The summed E-state index contributed by atoms with van der Waals surface area (Å²) in [6.45, 7) is 1.46. The van der Waals surface area contributed by atoms with Crippen molar-refractivity contribution in [3.63, 3.8) is 0 Å². The van der Waals surface area contributed by atoms with Crippen molar-refractivity contribution in [1.82, 2.24) is 9.37 Å². The van der Waals surface area contributed by atoms with E-state index in [0.717, 1.165) is 5.56 Å². The molecule has 1 atom stereocenters. The third-order valence-electron chi connectivity index (χ3n) is 4.57. The molecule has 9 heteroatoms. The van der Waals surface area contributed by atoms with Crippen molar-refractivity contribution < 1.29 is 27.6 Å². The first-order chi connectivity index (χ1) is 13.7. The third-order valence-corrected chi connectivity index (χ3v) is 6.26. The fraction of sp³-hybridized carbons (Fsp3) is 0.300. The van der Waals surface area contributed by atoms with E-state index in [4.69, 9.17) is 9.57 Å². The maximum atomic E-state index is 12.3. The Labute approximate surface area is 170 Å². The lowest BCUT2D eigenvalue weighted by Crippen LogP contribution is -2.33. The highest BCUT2D eigenvalue weighted by Crippen LogP contribution is 2.19. The van der Waals surface area contributed by atoms with Crippen LogP contribution in [0.3, 0.4) is 0 Å². The molecule has 0 bridgehead atoms. The summed E-state index contributed by atoms with van der Waals surface area (Å²) in [7, 11) is 0.325. The van der Waals surface area contributed by atoms with Crippen LogP contribution in [0.15, 0.2) is 59.5 Å². The van der Waals surface area contributed by atoms with Gasteiger partial charge in [0.05, 0.1) is 23.6 Å². The molecule has 0 unspecified atom stereocenters. The maximum Gasteiger partial charge on any atom is 0.338 e. The lowest BCUT2D eigenvalue weighted by atomic mass is 10.1. The Morgan fingerprint density at radius 2 is 1.59 bits per heavy atom. The fourth-order valence-corrected chi connectivity index (χ4v) is 3.47. The summed E-state index contributed by atoms with van der Waals surface area (Å²) in [5.41, 5.74) is 1.10. The van der Waals surface area contributed by atoms with Crippen LogP contribution in [0.2, 0.25) is 0 Å². The Morgan fingerprint density at radius 3 is 2.14 bits per heavy atom. The molecule has 0 aliphatic heterocycles. The van der Waals surface area contributed by atoms with E-state index in [1.54, 1.807) is 7.05 Å². The first-order valence-corrected chi connectivity index (χ1v) is 10.2. The number of carbonyl (C=O) groups excluding carboxylic acids is 2. The maximum absolute atomic E-state index is 12.3. The molecule has 0 fully saturated rings. The van der Waals surface area contributed by atoms with Crippen LogP contribution in [0.1, 0.15) is 28.9 Å². The molecule has 0 heterocycles. The van der Waals surface area contributed by atoms with Crippen LogP contribution >= 0.6 is 0 Å². The lowest BCUT2D eigenvalue weighted by Gasteiger charge is -2.25. The van der Waals surface area contributed by atoms with Gasteiger partial charge in [0.2, 0.25) is 0 Å². The van der Waals surface area contributed by atoms with E-state index in [1.165, 1.54) is 43.3 Å². The van der Waals surface area contributed by atoms with Crippen molar-refractivity contribution in [3.05, 3.63) is 65.7 Å². The van der Waals surface area contributed by atoms with E-state index in [1.807, 2.05) is 37.3 Å². The summed E-state index contributed by atoms with van der Waals surface area (Å²) < 4.78 is 30.1. The lowest BCUT2D eigenvalue weighted by molar-refractivity contribution is -0.135. The molecule has 8 nitrogen and oxygen atoms in total. The monoisotopic (exact) mass is 420 g/mol. The van der Waals surface area contributed by atoms with E-state index in [-0.39, 0.29) is 22.4 Å². The zero-order chi connectivity index (χ0) is 21.6. The Bertz CT molecular complexity index is 945. The highest BCUT2D eigenvalue weighted by atomic mass is 32.2. The topological polar surface area (TPSA) is 93.2 Å². The van der Waals surface area contributed by atoms with Crippen LogP contribution in [-0.4, -0.2) is 57.5 Å². The highest BCUT2D eigenvalue weighted by Gasteiger charge is 2.22. The molecule has 2 rings (SSSR count). The molecule has 1 amide bonds. The predicted octanol–water partition coefficient (Wildman–Crippen LogP) is 2.24. The number of benzene rings is 2. The van der Waals surface area contributed by atoms with Gasteiger partial charge in [-0.3, -0.25) is 9.63 Å². The molecule has 0 spiro atoms. The summed E-state index contributed by atoms with van der Waals surface area (Å²) in [5, 5.41) is 0. The largest absolute Gasteiger partial charge is 0.452 e. The van der Waals surface area contributed by atoms with Gasteiger partial charge in [-0.15, -0.1) is 0 Å². The molecular weight excluding hydrogens is 396 g/mol. The molecule has 2 aromatic rings. The summed E-state index contributed by atoms with van der Waals surface area (Å²) in [4.78, 5) is 30.7. The minimum Gasteiger partial charge on any atom is -0.452 e. The molecule has 0 saturated carbocycles. The Hall–Kier alpha value is -2.75. The van der Waals surface area contributed by atoms with Crippen molar-refractivity contribution in [2.75, 3.05) is 27.8 Å². The number of carbonyl (C=O) groups is 2. The third kappa shape index (κ3) is 5.41. The van der Waals surface area contributed by atoms with Gasteiger partial charge in [0, 0.05) is 14.1 Å². The Kier molecular flexibility index (Phi) is 7.49. The fourth-order valence-electron chi connectivity index (χ4n) is 2.49. The standard InChI is InChI=1S/C20H24N2O6S/c1-15(16-8-6-5-7-9-16)21(2)19(23)14-28-20(24)17-10-12-18(13-11-17)29(25,26)22(3)27-4/h5-13,15H,14H2,1-4H3/t15-/m1/s1. The second-order valence-corrected chi connectivity index (χ2v) is 8.22. The van der Waals surface area contributed by atoms with Crippen molar-refractivity contribution in [2.24, 2.45) is 0 Å². The predicted molar refractivity (Wildman–Crippen MR) is 106 cm³/mol. The molecule has 0 radical (unpaired) electrons. The number of esters is 1. The molecule has 2 aromatic carbocycles. The van der Waals surface area contributed by atoms with Gasteiger partial charge in [-0.25, -0.2) is 13.2 Å². The van der Waals surface area contributed by atoms with E-state index < -0.39 is 22.6 Å². The summed E-state index contributed by atoms with van der Waals surface area (Å²) in [6.07, 6.45) is 0. The molecule has 29 heavy (non-hydrogen) atoms. The second kappa shape index (κ2) is 9.64. The first kappa shape index (κ1) is 22.5. The first-order valence-electron chi connectivity index (χ1n) is 8.79. The number of sulfonamides is 1. The molecule has 0 aliphatic rings. The summed E-state index contributed by atoms with van der Waals surface area (Å²) in [5.74, 6) is -1.07.